The van der Waals surface area contributed by atoms with Crippen molar-refractivity contribution in [1.82, 2.24) is 15.0 Å². The van der Waals surface area contributed by atoms with Gasteiger partial charge >= 0.3 is 5.97 Å². The Labute approximate surface area is 232 Å². The van der Waals surface area contributed by atoms with Crippen molar-refractivity contribution in [2.75, 3.05) is 11.9 Å². The fourth-order valence-corrected chi connectivity index (χ4v) is 6.00. The third-order valence-electron chi connectivity index (χ3n) is 5.51. The Kier molecular flexibility index (Phi) is 7.54. The Balaban J connectivity index is 1.35. The highest BCUT2D eigenvalue weighted by molar-refractivity contribution is 7.92. The molecule has 0 bridgehead atoms. The molecule has 0 atom stereocenters. The summed E-state index contributed by atoms with van der Waals surface area (Å²) in [6.45, 7) is 3.16. The number of hydrogen-bond acceptors (Lipinski definition) is 11. The molecule has 0 aliphatic heterocycles. The first-order chi connectivity index (χ1) is 19.1. The summed E-state index contributed by atoms with van der Waals surface area (Å²) in [6, 6.07) is 10.7. The van der Waals surface area contributed by atoms with Crippen LogP contribution < -0.4 is 19.5 Å². The Bertz CT molecular complexity index is 1680. The number of amides is 1. The number of pyridine rings is 2. The molecular formula is C26H24N4O8S2. The summed E-state index contributed by atoms with van der Waals surface area (Å²) in [5, 5.41) is 11.4. The molecule has 14 heteroatoms. The van der Waals surface area contributed by atoms with E-state index in [4.69, 9.17) is 19.3 Å². The van der Waals surface area contributed by atoms with E-state index in [1.807, 2.05) is 13.8 Å². The molecule has 1 amide bonds. The van der Waals surface area contributed by atoms with E-state index in [2.05, 4.69) is 20.3 Å². The maximum Gasteiger partial charge on any atom is 0.341 e. The maximum atomic E-state index is 13.2. The van der Waals surface area contributed by atoms with Crippen molar-refractivity contribution in [1.29, 1.82) is 0 Å². The summed E-state index contributed by atoms with van der Waals surface area (Å²) in [5.74, 6) is -0.505. The second-order valence-electron chi connectivity index (χ2n) is 9.17. The lowest BCUT2D eigenvalue weighted by atomic mass is 10.2. The summed E-state index contributed by atoms with van der Waals surface area (Å²) in [5.41, 5.74) is 0.732. The number of carbonyl (C=O) groups excluding carboxylic acids is 1. The minimum atomic E-state index is -3.42. The average molecular weight is 585 g/mol. The third kappa shape index (κ3) is 6.46. The van der Waals surface area contributed by atoms with E-state index in [1.165, 1.54) is 30.5 Å². The monoisotopic (exact) mass is 584 g/mol. The smallest absolute Gasteiger partial charge is 0.341 e. The second kappa shape index (κ2) is 11.1. The van der Waals surface area contributed by atoms with E-state index in [0.717, 1.165) is 11.3 Å². The van der Waals surface area contributed by atoms with Crippen molar-refractivity contribution in [3.8, 4) is 23.1 Å². The number of aromatic nitrogens is 3. The molecule has 4 aromatic rings. The summed E-state index contributed by atoms with van der Waals surface area (Å²) < 4.78 is 41.6. The van der Waals surface area contributed by atoms with Crippen LogP contribution in [0.2, 0.25) is 0 Å². The zero-order valence-corrected chi connectivity index (χ0v) is 23.0. The SMILES string of the molecule is CC(C)Oc1cc(Oc2ccc(S(=O)(=O)C3CC3)nc2)cc(C(=O)Nc2nc3ccc(OCC(=O)O)nc3s2)c1. The van der Waals surface area contributed by atoms with Crippen LogP contribution in [0, 0.1) is 0 Å². The number of carboxylic acid groups (broad SMARTS) is 1. The maximum absolute atomic E-state index is 13.2. The van der Waals surface area contributed by atoms with Crippen molar-refractivity contribution in [2.24, 2.45) is 0 Å². The third-order valence-corrected chi connectivity index (χ3v) is 8.56. The fraction of sp³-hybridized carbons (Fsp3) is 0.269. The van der Waals surface area contributed by atoms with E-state index in [-0.39, 0.29) is 38.7 Å². The molecule has 0 spiro atoms. The number of aliphatic carboxylic acids is 1. The summed E-state index contributed by atoms with van der Waals surface area (Å²) in [7, 11) is -3.42. The molecule has 1 saturated carbocycles. The average Bonchev–Trinajstić information content (AvgIpc) is 3.68. The van der Waals surface area contributed by atoms with Gasteiger partial charge in [0.2, 0.25) is 5.88 Å². The molecule has 40 heavy (non-hydrogen) atoms. The number of fused-ring (bicyclic) bond motifs is 1. The highest BCUT2D eigenvalue weighted by atomic mass is 32.2. The first-order valence-corrected chi connectivity index (χ1v) is 14.6. The van der Waals surface area contributed by atoms with E-state index < -0.39 is 28.3 Å². The van der Waals surface area contributed by atoms with Gasteiger partial charge in [0.15, 0.2) is 26.6 Å². The van der Waals surface area contributed by atoms with Crippen LogP contribution in [0.4, 0.5) is 5.13 Å². The minimum absolute atomic E-state index is 0.00482. The highest BCUT2D eigenvalue weighted by Crippen LogP contribution is 2.34. The lowest BCUT2D eigenvalue weighted by Crippen LogP contribution is -2.13. The van der Waals surface area contributed by atoms with Crippen molar-refractivity contribution < 1.29 is 37.3 Å². The normalized spacial score (nSPS) is 13.3. The van der Waals surface area contributed by atoms with Crippen molar-refractivity contribution in [2.45, 2.75) is 43.1 Å². The Morgan fingerprint density at radius 2 is 1.85 bits per heavy atom. The van der Waals surface area contributed by atoms with Crippen LogP contribution in [0.5, 0.6) is 23.1 Å². The first-order valence-electron chi connectivity index (χ1n) is 12.2. The molecule has 5 rings (SSSR count). The number of carboxylic acids is 1. The lowest BCUT2D eigenvalue weighted by Gasteiger charge is -2.14. The molecule has 1 aliphatic carbocycles. The van der Waals surface area contributed by atoms with E-state index >= 15 is 0 Å². The highest BCUT2D eigenvalue weighted by Gasteiger charge is 2.37. The number of ether oxygens (including phenoxy) is 3. The largest absolute Gasteiger partial charge is 0.491 e. The molecule has 1 aromatic carbocycles. The van der Waals surface area contributed by atoms with Gasteiger partial charge in [-0.05, 0) is 57.0 Å². The van der Waals surface area contributed by atoms with Gasteiger partial charge in [-0.25, -0.2) is 28.2 Å². The zero-order chi connectivity index (χ0) is 28.4. The van der Waals surface area contributed by atoms with Crippen LogP contribution in [0.15, 0.2) is 53.7 Å². The molecule has 0 unspecified atom stereocenters. The van der Waals surface area contributed by atoms with E-state index in [0.29, 0.717) is 34.7 Å². The number of benzene rings is 1. The number of anilines is 1. The van der Waals surface area contributed by atoms with Gasteiger partial charge in [-0.2, -0.15) is 0 Å². The predicted molar refractivity (Wildman–Crippen MR) is 145 cm³/mol. The summed E-state index contributed by atoms with van der Waals surface area (Å²) in [4.78, 5) is 37.0. The first kappa shape index (κ1) is 27.3. The summed E-state index contributed by atoms with van der Waals surface area (Å²) >= 11 is 1.10. The molecule has 2 N–H and O–H groups in total. The van der Waals surface area contributed by atoms with Crippen LogP contribution in [-0.4, -0.2) is 58.3 Å². The number of carbonyl (C=O) groups is 2. The van der Waals surface area contributed by atoms with Gasteiger partial charge < -0.3 is 19.3 Å². The Hall–Kier alpha value is -4.30. The minimum Gasteiger partial charge on any atom is -0.491 e. The van der Waals surface area contributed by atoms with Gasteiger partial charge in [-0.3, -0.25) is 10.1 Å². The zero-order valence-electron chi connectivity index (χ0n) is 21.4. The fourth-order valence-electron chi connectivity index (χ4n) is 3.62. The molecule has 0 radical (unpaired) electrons. The molecule has 0 saturated heterocycles. The number of hydrogen-bond donors (Lipinski definition) is 2. The molecule has 3 heterocycles. The van der Waals surface area contributed by atoms with Gasteiger partial charge in [-0.1, -0.05) is 11.3 Å². The van der Waals surface area contributed by atoms with Crippen LogP contribution >= 0.6 is 11.3 Å². The van der Waals surface area contributed by atoms with Crippen molar-refractivity contribution in [3.05, 3.63) is 54.2 Å². The van der Waals surface area contributed by atoms with Crippen LogP contribution in [0.25, 0.3) is 10.3 Å². The number of rotatable bonds is 11. The number of thiazole rings is 1. The van der Waals surface area contributed by atoms with E-state index in [1.54, 1.807) is 18.2 Å². The molecular weight excluding hydrogens is 560 g/mol. The standard InChI is InChI=1S/C26H24N4O8S2/c1-14(2)37-17-9-15(10-18(11-17)38-16-3-8-22(27-12-16)40(34,35)19-4-5-19)24(33)30-26-28-20-6-7-21(29-25(20)39-26)36-13-23(31)32/h3,6-12,14,19H,4-5,13H2,1-2H3,(H,31,32)(H,28,30,33). The van der Waals surface area contributed by atoms with Gasteiger partial charge in [-0.15, -0.1) is 0 Å². The number of nitrogens with one attached hydrogen (secondary N) is 1. The molecule has 3 aromatic heterocycles. The number of nitrogens with zero attached hydrogens (tertiary/aromatic N) is 3. The quantitative estimate of drug-likeness (QED) is 0.258. The Morgan fingerprint density at radius 3 is 2.52 bits per heavy atom. The van der Waals surface area contributed by atoms with Crippen LogP contribution in [0.3, 0.4) is 0 Å². The van der Waals surface area contributed by atoms with E-state index in [9.17, 15) is 18.0 Å². The van der Waals surface area contributed by atoms with Crippen molar-refractivity contribution >= 4 is 48.5 Å². The van der Waals surface area contributed by atoms with Gasteiger partial charge in [0.1, 0.15) is 27.6 Å². The van der Waals surface area contributed by atoms with Gasteiger partial charge in [0.05, 0.1) is 17.6 Å². The van der Waals surface area contributed by atoms with Crippen LogP contribution in [-0.2, 0) is 14.6 Å². The molecule has 1 fully saturated rings. The Morgan fingerprint density at radius 1 is 1.07 bits per heavy atom. The van der Waals surface area contributed by atoms with Crippen molar-refractivity contribution in [3.63, 3.8) is 0 Å². The topological polar surface area (TPSA) is 167 Å². The predicted octanol–water partition coefficient (Wildman–Crippen LogP) is 4.32. The molecule has 12 nitrogen and oxygen atoms in total. The molecule has 208 valence electrons. The van der Waals surface area contributed by atoms with Crippen LogP contribution in [0.1, 0.15) is 37.0 Å². The van der Waals surface area contributed by atoms with Gasteiger partial charge in [0.25, 0.3) is 5.91 Å². The molecule has 1 aliphatic rings. The van der Waals surface area contributed by atoms with Gasteiger partial charge in [0, 0.05) is 17.7 Å². The lowest BCUT2D eigenvalue weighted by molar-refractivity contribution is -0.139. The summed E-state index contributed by atoms with van der Waals surface area (Å²) in [6.07, 6.45) is 2.44. The number of sulfone groups is 1. The second-order valence-corrected chi connectivity index (χ2v) is 12.3.